The van der Waals surface area contributed by atoms with E-state index in [1.54, 1.807) is 0 Å². The number of hydrogen-bond acceptors (Lipinski definition) is 0. The molecule has 0 unspecified atom stereocenters. The van der Waals surface area contributed by atoms with E-state index in [1.165, 1.54) is 32.2 Å². The molecular weight excluding hydrogens is 267 g/mol. The molecule has 0 aliphatic heterocycles. The van der Waals surface area contributed by atoms with Crippen LogP contribution in [0, 0.1) is 0 Å². The molecule has 0 heterocycles. The van der Waals surface area contributed by atoms with Crippen molar-refractivity contribution in [3.8, 4) is 0 Å². The minimum absolute atomic E-state index is 1.11. The van der Waals surface area contributed by atoms with Crippen molar-refractivity contribution in [2.24, 2.45) is 0 Å². The Morgan fingerprint density at radius 3 is 1.35 bits per heavy atom. The van der Waals surface area contributed by atoms with Crippen LogP contribution in [0.15, 0.2) is 0 Å². The second kappa shape index (κ2) is 5.31. The molecular formula is C9H22F6NP. The Morgan fingerprint density at radius 2 is 1.12 bits per heavy atom. The fourth-order valence-electron chi connectivity index (χ4n) is 1.01. The van der Waals surface area contributed by atoms with Gasteiger partial charge in [-0.25, -0.2) is 0 Å². The number of quaternary nitrogens is 1. The standard InChI is InChI=1S/C9H22N.F6P/c1-5-6-7-8-9-10(2,3)4;1-7(2,3,4,5)6/h5-9H2,1-4H3;/q+1;-1. The molecule has 0 bridgehead atoms. The van der Waals surface area contributed by atoms with Gasteiger partial charge in [-0.3, -0.25) is 0 Å². The van der Waals surface area contributed by atoms with Crippen LogP contribution in [0.4, 0.5) is 25.2 Å². The van der Waals surface area contributed by atoms with Gasteiger partial charge >= 0.3 is 33.0 Å². The molecule has 0 N–H and O–H groups in total. The van der Waals surface area contributed by atoms with E-state index in [4.69, 9.17) is 0 Å². The summed E-state index contributed by atoms with van der Waals surface area (Å²) in [6, 6.07) is 0. The third kappa shape index (κ3) is 64.2. The first-order valence-corrected chi connectivity index (χ1v) is 7.41. The van der Waals surface area contributed by atoms with Crippen molar-refractivity contribution in [3.05, 3.63) is 0 Å². The van der Waals surface area contributed by atoms with Gasteiger partial charge in [0.05, 0.1) is 27.7 Å². The van der Waals surface area contributed by atoms with Gasteiger partial charge in [-0.2, -0.15) is 0 Å². The number of hydrogen-bond donors (Lipinski definition) is 0. The van der Waals surface area contributed by atoms with Crippen LogP contribution in [0.1, 0.15) is 32.6 Å². The Hall–Kier alpha value is -0.0300. The Morgan fingerprint density at radius 1 is 0.765 bits per heavy atom. The van der Waals surface area contributed by atoms with E-state index < -0.39 is 7.81 Å². The Bertz CT molecular complexity index is 202. The van der Waals surface area contributed by atoms with Crippen LogP contribution < -0.4 is 0 Å². The first-order valence-electron chi connectivity index (χ1n) is 5.38. The van der Waals surface area contributed by atoms with Crippen molar-refractivity contribution in [3.63, 3.8) is 0 Å². The molecule has 1 nitrogen and oxygen atoms in total. The van der Waals surface area contributed by atoms with E-state index in [-0.39, 0.29) is 0 Å². The van der Waals surface area contributed by atoms with Gasteiger partial charge in [-0.15, -0.1) is 0 Å². The van der Waals surface area contributed by atoms with Crippen LogP contribution in [0.2, 0.25) is 0 Å². The van der Waals surface area contributed by atoms with Gasteiger partial charge in [0.2, 0.25) is 0 Å². The molecule has 0 atom stereocenters. The first kappa shape index (κ1) is 19.3. The zero-order valence-corrected chi connectivity index (χ0v) is 11.6. The molecule has 0 aromatic carbocycles. The predicted octanol–water partition coefficient (Wildman–Crippen LogP) is 5.66. The molecule has 0 aliphatic rings. The maximum atomic E-state index is 9.87. The second-order valence-corrected chi connectivity index (χ2v) is 6.95. The zero-order chi connectivity index (χ0) is 14.4. The molecule has 0 radical (unpaired) electrons. The summed E-state index contributed by atoms with van der Waals surface area (Å²) >= 11 is 0. The third-order valence-corrected chi connectivity index (χ3v) is 1.68. The molecule has 110 valence electrons. The topological polar surface area (TPSA) is 0 Å². The monoisotopic (exact) mass is 289 g/mol. The van der Waals surface area contributed by atoms with E-state index in [0.717, 1.165) is 4.48 Å². The molecule has 0 saturated carbocycles. The van der Waals surface area contributed by atoms with E-state index in [0.29, 0.717) is 0 Å². The predicted molar refractivity (Wildman–Crippen MR) is 60.6 cm³/mol. The molecule has 0 fully saturated rings. The Labute approximate surface area is 98.6 Å². The number of unbranched alkanes of at least 4 members (excludes halogenated alkanes) is 3. The average Bonchev–Trinajstić information content (AvgIpc) is 1.89. The number of rotatable bonds is 5. The SMILES string of the molecule is CCCCCC[N+](C)(C)C.F[P-](F)(F)(F)(F)F. The molecule has 0 aliphatic carbocycles. The third-order valence-electron chi connectivity index (χ3n) is 1.68. The van der Waals surface area contributed by atoms with E-state index >= 15 is 0 Å². The molecule has 0 spiro atoms. The average molecular weight is 289 g/mol. The second-order valence-electron chi connectivity index (χ2n) is 5.03. The minimum atomic E-state index is -10.7. The van der Waals surface area contributed by atoms with Crippen LogP contribution in [0.5, 0.6) is 0 Å². The summed E-state index contributed by atoms with van der Waals surface area (Å²) in [4.78, 5) is 0. The summed E-state index contributed by atoms with van der Waals surface area (Å²) in [7, 11) is -3.89. The van der Waals surface area contributed by atoms with Gasteiger partial charge in [-0.1, -0.05) is 19.8 Å². The van der Waals surface area contributed by atoms with Crippen LogP contribution in [-0.4, -0.2) is 32.2 Å². The normalized spacial score (nSPS) is 16.6. The summed E-state index contributed by atoms with van der Waals surface area (Å²) in [5, 5.41) is 0. The van der Waals surface area contributed by atoms with Crippen molar-refractivity contribution in [1.82, 2.24) is 0 Å². The van der Waals surface area contributed by atoms with Gasteiger partial charge < -0.3 is 4.48 Å². The zero-order valence-electron chi connectivity index (χ0n) is 10.7. The number of nitrogens with zero attached hydrogens (tertiary/aromatic N) is 1. The van der Waals surface area contributed by atoms with Crippen molar-refractivity contribution in [2.75, 3.05) is 27.7 Å². The number of halogens is 6. The Balaban J connectivity index is 0. The fraction of sp³-hybridized carbons (Fsp3) is 1.00. The van der Waals surface area contributed by atoms with Crippen LogP contribution in [0.25, 0.3) is 0 Å². The quantitative estimate of drug-likeness (QED) is 0.265. The van der Waals surface area contributed by atoms with Crippen molar-refractivity contribution < 1.29 is 29.7 Å². The molecule has 0 aromatic rings. The van der Waals surface area contributed by atoms with Crippen LogP contribution in [0.3, 0.4) is 0 Å². The van der Waals surface area contributed by atoms with Gasteiger partial charge in [0.25, 0.3) is 0 Å². The van der Waals surface area contributed by atoms with Crippen LogP contribution in [-0.2, 0) is 0 Å². The van der Waals surface area contributed by atoms with Crippen LogP contribution >= 0.6 is 7.81 Å². The van der Waals surface area contributed by atoms with Gasteiger partial charge in [0.15, 0.2) is 0 Å². The molecule has 8 heteroatoms. The van der Waals surface area contributed by atoms with Gasteiger partial charge in [0, 0.05) is 0 Å². The summed E-state index contributed by atoms with van der Waals surface area (Å²) in [5.74, 6) is 0. The summed E-state index contributed by atoms with van der Waals surface area (Å²) < 4.78 is 60.3. The summed E-state index contributed by atoms with van der Waals surface area (Å²) in [6.45, 7) is 3.58. The molecule has 0 rings (SSSR count). The summed E-state index contributed by atoms with van der Waals surface area (Å²) in [6.07, 6.45) is 5.54. The Kier molecular flexibility index (Phi) is 6.03. The molecule has 0 saturated heterocycles. The summed E-state index contributed by atoms with van der Waals surface area (Å²) in [5.41, 5.74) is 0. The van der Waals surface area contributed by atoms with Gasteiger partial charge in [-0.05, 0) is 12.8 Å². The molecule has 17 heavy (non-hydrogen) atoms. The molecule has 0 aromatic heterocycles. The van der Waals surface area contributed by atoms with Crippen molar-refractivity contribution in [1.29, 1.82) is 0 Å². The van der Waals surface area contributed by atoms with Crippen molar-refractivity contribution in [2.45, 2.75) is 32.6 Å². The maximum absolute atomic E-state index is 10.7. The first-order chi connectivity index (χ1) is 7.01. The van der Waals surface area contributed by atoms with Crippen molar-refractivity contribution >= 4 is 7.81 Å². The fourth-order valence-corrected chi connectivity index (χ4v) is 1.01. The van der Waals surface area contributed by atoms with E-state index in [1.807, 2.05) is 0 Å². The van der Waals surface area contributed by atoms with E-state index in [9.17, 15) is 25.2 Å². The molecule has 0 amide bonds. The van der Waals surface area contributed by atoms with E-state index in [2.05, 4.69) is 28.1 Å². The van der Waals surface area contributed by atoms with Gasteiger partial charge in [0.1, 0.15) is 0 Å².